The van der Waals surface area contributed by atoms with Gasteiger partial charge in [-0.3, -0.25) is 4.79 Å². The van der Waals surface area contributed by atoms with E-state index in [0.29, 0.717) is 16.9 Å². The molecule has 0 radical (unpaired) electrons. The predicted octanol–water partition coefficient (Wildman–Crippen LogP) is 2.48. The molecule has 0 fully saturated rings. The number of aliphatic carboxylic acids is 1. The van der Waals surface area contributed by atoms with Gasteiger partial charge in [-0.1, -0.05) is 27.7 Å². The molecule has 2 nitrogen and oxygen atoms in total. The minimum absolute atomic E-state index is 0.226. The van der Waals surface area contributed by atoms with E-state index in [1.54, 1.807) is 18.7 Å². The van der Waals surface area contributed by atoms with Crippen molar-refractivity contribution in [3.05, 3.63) is 0 Å². The summed E-state index contributed by atoms with van der Waals surface area (Å²) in [6.07, 6.45) is 0. The van der Waals surface area contributed by atoms with Crippen LogP contribution in [0.25, 0.3) is 0 Å². The topological polar surface area (TPSA) is 37.3 Å². The highest BCUT2D eigenvalue weighted by Crippen LogP contribution is 2.21. The normalized spacial score (nSPS) is 16.1. The van der Waals surface area contributed by atoms with Crippen LogP contribution in [0.15, 0.2) is 0 Å². The minimum Gasteiger partial charge on any atom is -0.481 e. The van der Waals surface area contributed by atoms with Crippen molar-refractivity contribution in [3.63, 3.8) is 0 Å². The SMILES string of the molecule is CC(CSC(C)C(C)C)C(=O)O. The molecule has 0 aliphatic rings. The summed E-state index contributed by atoms with van der Waals surface area (Å²) >= 11 is 1.74. The lowest BCUT2D eigenvalue weighted by atomic mass is 10.2. The van der Waals surface area contributed by atoms with Gasteiger partial charge in [0.1, 0.15) is 0 Å². The second kappa shape index (κ2) is 5.46. The van der Waals surface area contributed by atoms with Crippen molar-refractivity contribution in [1.29, 1.82) is 0 Å². The van der Waals surface area contributed by atoms with Gasteiger partial charge >= 0.3 is 5.97 Å². The molecule has 0 saturated heterocycles. The van der Waals surface area contributed by atoms with Gasteiger partial charge in [0.15, 0.2) is 0 Å². The lowest BCUT2D eigenvalue weighted by molar-refractivity contribution is -0.140. The van der Waals surface area contributed by atoms with Gasteiger partial charge in [-0.15, -0.1) is 0 Å². The summed E-state index contributed by atoms with van der Waals surface area (Å²) in [5.74, 6) is 0.417. The maximum Gasteiger partial charge on any atom is 0.307 e. The van der Waals surface area contributed by atoms with Gasteiger partial charge in [-0.2, -0.15) is 11.8 Å². The van der Waals surface area contributed by atoms with Crippen molar-refractivity contribution in [1.82, 2.24) is 0 Å². The largest absolute Gasteiger partial charge is 0.481 e. The van der Waals surface area contributed by atoms with Gasteiger partial charge in [0.2, 0.25) is 0 Å². The van der Waals surface area contributed by atoms with E-state index < -0.39 is 5.97 Å². The molecule has 0 spiro atoms. The minimum atomic E-state index is -0.696. The molecule has 2 atom stereocenters. The molecule has 0 rings (SSSR count). The zero-order valence-corrected chi connectivity index (χ0v) is 9.02. The maximum absolute atomic E-state index is 10.5. The van der Waals surface area contributed by atoms with Crippen LogP contribution in [-0.2, 0) is 4.79 Å². The van der Waals surface area contributed by atoms with Crippen LogP contribution < -0.4 is 0 Å². The third-order valence-corrected chi connectivity index (χ3v) is 3.73. The van der Waals surface area contributed by atoms with Gasteiger partial charge in [-0.05, 0) is 5.92 Å². The zero-order chi connectivity index (χ0) is 9.72. The van der Waals surface area contributed by atoms with Gasteiger partial charge in [0, 0.05) is 11.0 Å². The first kappa shape index (κ1) is 11.8. The summed E-state index contributed by atoms with van der Waals surface area (Å²) < 4.78 is 0. The summed E-state index contributed by atoms with van der Waals surface area (Å²) in [5, 5.41) is 9.17. The standard InChI is InChI=1S/C9H18O2S/c1-6(2)8(4)12-5-7(3)9(10)11/h6-8H,5H2,1-4H3,(H,10,11). The number of thioether (sulfide) groups is 1. The summed E-state index contributed by atoms with van der Waals surface area (Å²) in [6.45, 7) is 8.21. The van der Waals surface area contributed by atoms with Crippen molar-refractivity contribution >= 4 is 17.7 Å². The number of rotatable bonds is 5. The van der Waals surface area contributed by atoms with E-state index in [4.69, 9.17) is 5.11 Å². The lowest BCUT2D eigenvalue weighted by Gasteiger charge is -2.15. The number of carbonyl (C=O) groups is 1. The van der Waals surface area contributed by atoms with E-state index in [1.165, 1.54) is 0 Å². The molecule has 0 aromatic heterocycles. The van der Waals surface area contributed by atoms with E-state index >= 15 is 0 Å². The van der Waals surface area contributed by atoms with Crippen molar-refractivity contribution in [2.45, 2.75) is 32.9 Å². The molecule has 1 N–H and O–H groups in total. The van der Waals surface area contributed by atoms with Crippen LogP contribution in [-0.4, -0.2) is 22.1 Å². The molecular weight excluding hydrogens is 172 g/mol. The second-order valence-corrected chi connectivity index (χ2v) is 4.93. The first-order valence-electron chi connectivity index (χ1n) is 4.29. The molecule has 2 unspecified atom stereocenters. The highest BCUT2D eigenvalue weighted by atomic mass is 32.2. The monoisotopic (exact) mass is 190 g/mol. The fourth-order valence-electron chi connectivity index (χ4n) is 0.560. The fraction of sp³-hybridized carbons (Fsp3) is 0.889. The Kier molecular flexibility index (Phi) is 5.38. The van der Waals surface area contributed by atoms with Gasteiger partial charge in [0.05, 0.1) is 5.92 Å². The molecule has 0 aliphatic carbocycles. The third-order valence-electron chi connectivity index (χ3n) is 1.97. The maximum atomic E-state index is 10.5. The summed E-state index contributed by atoms with van der Waals surface area (Å²) in [6, 6.07) is 0. The van der Waals surface area contributed by atoms with Crippen LogP contribution in [0, 0.1) is 11.8 Å². The van der Waals surface area contributed by atoms with Crippen molar-refractivity contribution < 1.29 is 9.90 Å². The van der Waals surface area contributed by atoms with Crippen LogP contribution in [0.4, 0.5) is 0 Å². The van der Waals surface area contributed by atoms with Gasteiger partial charge in [0.25, 0.3) is 0 Å². The average Bonchev–Trinajstić information content (AvgIpc) is 1.98. The van der Waals surface area contributed by atoms with Gasteiger partial charge < -0.3 is 5.11 Å². The highest BCUT2D eigenvalue weighted by molar-refractivity contribution is 7.99. The Hall–Kier alpha value is -0.180. The highest BCUT2D eigenvalue weighted by Gasteiger charge is 2.14. The molecule has 0 aliphatic heterocycles. The van der Waals surface area contributed by atoms with Gasteiger partial charge in [-0.25, -0.2) is 0 Å². The Bertz CT molecular complexity index is 145. The van der Waals surface area contributed by atoms with E-state index in [9.17, 15) is 4.79 Å². The molecule has 0 bridgehead atoms. The smallest absolute Gasteiger partial charge is 0.307 e. The first-order chi connectivity index (χ1) is 5.45. The first-order valence-corrected chi connectivity index (χ1v) is 5.34. The van der Waals surface area contributed by atoms with Crippen LogP contribution >= 0.6 is 11.8 Å². The van der Waals surface area contributed by atoms with Crippen molar-refractivity contribution in [2.75, 3.05) is 5.75 Å². The van der Waals surface area contributed by atoms with Crippen LogP contribution in [0.2, 0.25) is 0 Å². The Morgan fingerprint density at radius 2 is 1.83 bits per heavy atom. The number of hydrogen-bond acceptors (Lipinski definition) is 2. The third kappa shape index (κ3) is 4.65. The molecule has 0 saturated carbocycles. The molecule has 0 aromatic rings. The molecule has 12 heavy (non-hydrogen) atoms. The van der Waals surface area contributed by atoms with Crippen LogP contribution in [0.1, 0.15) is 27.7 Å². The lowest BCUT2D eigenvalue weighted by Crippen LogP contribution is -2.15. The quantitative estimate of drug-likeness (QED) is 0.723. The summed E-state index contributed by atoms with van der Waals surface area (Å²) in [5.41, 5.74) is 0. The van der Waals surface area contributed by atoms with E-state index in [-0.39, 0.29) is 5.92 Å². The Morgan fingerprint density at radius 3 is 2.17 bits per heavy atom. The average molecular weight is 190 g/mol. The predicted molar refractivity (Wildman–Crippen MR) is 53.6 cm³/mol. The van der Waals surface area contributed by atoms with Crippen LogP contribution in [0.5, 0.6) is 0 Å². The number of carboxylic acids is 1. The van der Waals surface area contributed by atoms with E-state index in [2.05, 4.69) is 20.8 Å². The summed E-state index contributed by atoms with van der Waals surface area (Å²) in [7, 11) is 0. The molecule has 72 valence electrons. The summed E-state index contributed by atoms with van der Waals surface area (Å²) in [4.78, 5) is 10.5. The van der Waals surface area contributed by atoms with Crippen molar-refractivity contribution in [2.24, 2.45) is 11.8 Å². The Labute approximate surface area is 78.7 Å². The number of carboxylic acid groups (broad SMARTS) is 1. The molecule has 0 amide bonds. The molecule has 3 heteroatoms. The molecule has 0 heterocycles. The van der Waals surface area contributed by atoms with E-state index in [0.717, 1.165) is 0 Å². The molecular formula is C9H18O2S. The Morgan fingerprint density at radius 1 is 1.33 bits per heavy atom. The van der Waals surface area contributed by atoms with E-state index in [1.807, 2.05) is 0 Å². The van der Waals surface area contributed by atoms with Crippen LogP contribution in [0.3, 0.4) is 0 Å². The molecule has 0 aromatic carbocycles. The van der Waals surface area contributed by atoms with Crippen molar-refractivity contribution in [3.8, 4) is 0 Å². The Balaban J connectivity index is 3.61. The second-order valence-electron chi connectivity index (χ2n) is 3.52. The number of hydrogen-bond donors (Lipinski definition) is 1. The zero-order valence-electron chi connectivity index (χ0n) is 8.20. The fourth-order valence-corrected chi connectivity index (χ4v) is 1.68.